The fraction of sp³-hybridized carbons (Fsp3) is 0.143. The molecule has 2 aromatic rings. The zero-order valence-corrected chi connectivity index (χ0v) is 11.0. The van der Waals surface area contributed by atoms with Crippen molar-refractivity contribution in [1.82, 2.24) is 0 Å². The molecular formula is C14H14BrFN+. The quantitative estimate of drug-likeness (QED) is 0.893. The van der Waals surface area contributed by atoms with Gasteiger partial charge in [-0.25, -0.2) is 4.39 Å². The summed E-state index contributed by atoms with van der Waals surface area (Å²) in [5, 5.41) is 2.20. The molecule has 0 heterocycles. The van der Waals surface area contributed by atoms with Crippen molar-refractivity contribution in [2.45, 2.75) is 13.1 Å². The highest BCUT2D eigenvalue weighted by atomic mass is 79.9. The Labute approximate surface area is 109 Å². The van der Waals surface area contributed by atoms with Crippen LogP contribution >= 0.6 is 15.9 Å². The van der Waals surface area contributed by atoms with Gasteiger partial charge in [-0.05, 0) is 24.3 Å². The predicted molar refractivity (Wildman–Crippen MR) is 69.9 cm³/mol. The number of halogens is 2. The normalized spacial score (nSPS) is 10.5. The van der Waals surface area contributed by atoms with E-state index < -0.39 is 0 Å². The van der Waals surface area contributed by atoms with Crippen molar-refractivity contribution in [1.29, 1.82) is 0 Å². The first-order chi connectivity index (χ1) is 8.24. The summed E-state index contributed by atoms with van der Waals surface area (Å²) in [5.74, 6) is -0.179. The van der Waals surface area contributed by atoms with Gasteiger partial charge in [0.25, 0.3) is 0 Å². The second-order valence-electron chi connectivity index (χ2n) is 3.95. The van der Waals surface area contributed by atoms with Gasteiger partial charge in [0.15, 0.2) is 0 Å². The zero-order valence-electron chi connectivity index (χ0n) is 9.37. The topological polar surface area (TPSA) is 16.6 Å². The highest BCUT2D eigenvalue weighted by Crippen LogP contribution is 2.09. The number of benzene rings is 2. The number of hydrogen-bond donors (Lipinski definition) is 1. The van der Waals surface area contributed by atoms with Crippen LogP contribution in [0.25, 0.3) is 0 Å². The SMILES string of the molecule is Fc1ccc(C[NH2+]Cc2ccc(Br)cc2)cc1. The lowest BCUT2D eigenvalue weighted by Gasteiger charge is -2.02. The summed E-state index contributed by atoms with van der Waals surface area (Å²) in [5.41, 5.74) is 2.43. The maximum atomic E-state index is 12.7. The largest absolute Gasteiger partial charge is 0.339 e. The molecule has 2 aromatic carbocycles. The molecule has 0 unspecified atom stereocenters. The van der Waals surface area contributed by atoms with E-state index in [0.717, 1.165) is 23.1 Å². The lowest BCUT2D eigenvalue weighted by molar-refractivity contribution is -0.686. The van der Waals surface area contributed by atoms with Crippen LogP contribution in [0.1, 0.15) is 11.1 Å². The molecule has 0 saturated carbocycles. The van der Waals surface area contributed by atoms with Gasteiger partial charge < -0.3 is 5.32 Å². The number of rotatable bonds is 4. The molecule has 0 aliphatic heterocycles. The van der Waals surface area contributed by atoms with E-state index in [9.17, 15) is 4.39 Å². The molecule has 0 spiro atoms. The van der Waals surface area contributed by atoms with Crippen molar-refractivity contribution in [2.75, 3.05) is 0 Å². The second kappa shape index (κ2) is 5.94. The van der Waals surface area contributed by atoms with Crippen molar-refractivity contribution < 1.29 is 9.71 Å². The first-order valence-electron chi connectivity index (χ1n) is 5.54. The van der Waals surface area contributed by atoms with Crippen molar-refractivity contribution in [3.05, 3.63) is 69.9 Å². The molecule has 0 atom stereocenters. The van der Waals surface area contributed by atoms with Crippen molar-refractivity contribution in [3.8, 4) is 0 Å². The minimum atomic E-state index is -0.179. The van der Waals surface area contributed by atoms with E-state index in [1.165, 1.54) is 17.7 Å². The molecule has 0 amide bonds. The van der Waals surface area contributed by atoms with Gasteiger partial charge in [0.2, 0.25) is 0 Å². The molecule has 17 heavy (non-hydrogen) atoms. The van der Waals surface area contributed by atoms with E-state index in [1.54, 1.807) is 0 Å². The first-order valence-corrected chi connectivity index (χ1v) is 6.34. The van der Waals surface area contributed by atoms with Crippen molar-refractivity contribution in [3.63, 3.8) is 0 Å². The van der Waals surface area contributed by atoms with Gasteiger partial charge in [0, 0.05) is 15.6 Å². The standard InChI is InChI=1S/C14H13BrFN/c15-13-5-1-11(2-6-13)9-17-10-12-3-7-14(16)8-4-12/h1-8,17H,9-10H2/p+1. The molecule has 0 saturated heterocycles. The van der Waals surface area contributed by atoms with E-state index in [2.05, 4.69) is 33.4 Å². The molecule has 0 fully saturated rings. The Hall–Kier alpha value is -1.19. The van der Waals surface area contributed by atoms with E-state index in [-0.39, 0.29) is 5.82 Å². The van der Waals surface area contributed by atoms with Crippen LogP contribution in [0.2, 0.25) is 0 Å². The molecule has 0 radical (unpaired) electrons. The fourth-order valence-corrected chi connectivity index (χ4v) is 1.91. The molecule has 3 heteroatoms. The van der Waals surface area contributed by atoms with E-state index in [0.29, 0.717) is 0 Å². The molecule has 0 aliphatic carbocycles. The lowest BCUT2D eigenvalue weighted by Crippen LogP contribution is -2.80. The summed E-state index contributed by atoms with van der Waals surface area (Å²) in [4.78, 5) is 0. The summed E-state index contributed by atoms with van der Waals surface area (Å²) in [6, 6.07) is 14.9. The maximum absolute atomic E-state index is 12.7. The van der Waals surface area contributed by atoms with Crippen LogP contribution in [0.3, 0.4) is 0 Å². The van der Waals surface area contributed by atoms with Crippen LogP contribution in [0.15, 0.2) is 53.0 Å². The van der Waals surface area contributed by atoms with E-state index in [4.69, 9.17) is 0 Å². The van der Waals surface area contributed by atoms with Gasteiger partial charge in [-0.2, -0.15) is 0 Å². The fourth-order valence-electron chi connectivity index (χ4n) is 1.65. The van der Waals surface area contributed by atoms with E-state index in [1.807, 2.05) is 24.3 Å². The van der Waals surface area contributed by atoms with Crippen molar-refractivity contribution >= 4 is 15.9 Å². The molecule has 2 N–H and O–H groups in total. The Morgan fingerprint density at radius 1 is 0.824 bits per heavy atom. The van der Waals surface area contributed by atoms with Crippen LogP contribution in [-0.4, -0.2) is 0 Å². The molecule has 0 bridgehead atoms. The number of nitrogens with two attached hydrogens (primary N) is 1. The summed E-state index contributed by atoms with van der Waals surface area (Å²) in [6.07, 6.45) is 0. The van der Waals surface area contributed by atoms with Gasteiger partial charge in [0.1, 0.15) is 18.9 Å². The predicted octanol–water partition coefficient (Wildman–Crippen LogP) is 2.85. The molecule has 88 valence electrons. The Morgan fingerprint density at radius 2 is 1.29 bits per heavy atom. The Kier molecular flexibility index (Phi) is 4.29. The van der Waals surface area contributed by atoms with Gasteiger partial charge >= 0.3 is 0 Å². The first kappa shape index (κ1) is 12.3. The number of hydrogen-bond acceptors (Lipinski definition) is 0. The molecule has 0 aliphatic rings. The van der Waals surface area contributed by atoms with Crippen LogP contribution in [0.5, 0.6) is 0 Å². The minimum absolute atomic E-state index is 0.179. The van der Waals surface area contributed by atoms with Gasteiger partial charge in [-0.3, -0.25) is 0 Å². The highest BCUT2D eigenvalue weighted by Gasteiger charge is 1.98. The summed E-state index contributed by atoms with van der Waals surface area (Å²) >= 11 is 3.41. The third-order valence-electron chi connectivity index (χ3n) is 2.59. The zero-order chi connectivity index (χ0) is 12.1. The smallest absolute Gasteiger partial charge is 0.123 e. The van der Waals surface area contributed by atoms with Gasteiger partial charge in [0.05, 0.1) is 0 Å². The molecule has 0 aromatic heterocycles. The highest BCUT2D eigenvalue weighted by molar-refractivity contribution is 9.10. The minimum Gasteiger partial charge on any atom is -0.339 e. The third-order valence-corrected chi connectivity index (χ3v) is 3.12. The van der Waals surface area contributed by atoms with Crippen molar-refractivity contribution in [2.24, 2.45) is 0 Å². The molecule has 1 nitrogen and oxygen atoms in total. The number of quaternary nitrogens is 1. The average molecular weight is 295 g/mol. The Morgan fingerprint density at radius 3 is 1.82 bits per heavy atom. The monoisotopic (exact) mass is 294 g/mol. The maximum Gasteiger partial charge on any atom is 0.123 e. The van der Waals surface area contributed by atoms with Gasteiger partial charge in [-0.15, -0.1) is 0 Å². The van der Waals surface area contributed by atoms with Crippen LogP contribution in [-0.2, 0) is 13.1 Å². The van der Waals surface area contributed by atoms with Crippen LogP contribution in [0.4, 0.5) is 4.39 Å². The Balaban J connectivity index is 1.83. The third kappa shape index (κ3) is 3.95. The second-order valence-corrected chi connectivity index (χ2v) is 4.87. The van der Waals surface area contributed by atoms with E-state index >= 15 is 0 Å². The average Bonchev–Trinajstić information content (AvgIpc) is 2.34. The molecule has 2 rings (SSSR count). The Bertz CT molecular complexity index is 419. The lowest BCUT2D eigenvalue weighted by atomic mass is 10.2. The van der Waals surface area contributed by atoms with Gasteiger partial charge in [-0.1, -0.05) is 40.2 Å². The summed E-state index contributed by atoms with van der Waals surface area (Å²) in [6.45, 7) is 1.81. The van der Waals surface area contributed by atoms with Crippen LogP contribution < -0.4 is 5.32 Å². The van der Waals surface area contributed by atoms with Crippen LogP contribution in [0, 0.1) is 5.82 Å². The summed E-state index contributed by atoms with van der Waals surface area (Å²) < 4.78 is 13.8. The molecular weight excluding hydrogens is 281 g/mol. The summed E-state index contributed by atoms with van der Waals surface area (Å²) in [7, 11) is 0.